The summed E-state index contributed by atoms with van der Waals surface area (Å²) < 4.78 is 26.9. The van der Waals surface area contributed by atoms with Crippen molar-refractivity contribution in [3.05, 3.63) is 65.5 Å². The van der Waals surface area contributed by atoms with Crippen LogP contribution in [0.2, 0.25) is 0 Å². The van der Waals surface area contributed by atoms with Crippen LogP contribution in [-0.2, 0) is 17.3 Å². The zero-order chi connectivity index (χ0) is 18.0. The minimum Gasteiger partial charge on any atom is -0.481 e. The molecule has 0 radical (unpaired) electrons. The molecule has 1 aromatic heterocycles. The fraction of sp³-hybridized carbons (Fsp3) is 0.368. The molecule has 1 aliphatic heterocycles. The van der Waals surface area contributed by atoms with E-state index in [1.54, 1.807) is 12.1 Å². The highest BCUT2D eigenvalue weighted by atomic mass is 19.3. The molecule has 4 nitrogen and oxygen atoms in total. The van der Waals surface area contributed by atoms with E-state index >= 15 is 0 Å². The number of halogens is 2. The molecule has 1 aliphatic rings. The Morgan fingerprint density at radius 3 is 2.56 bits per heavy atom. The molecule has 2 aromatic rings. The van der Waals surface area contributed by atoms with Crippen LogP contribution in [0.5, 0.6) is 0 Å². The zero-order valence-corrected chi connectivity index (χ0v) is 13.9. The molecule has 0 amide bonds. The van der Waals surface area contributed by atoms with Crippen molar-refractivity contribution in [2.45, 2.75) is 25.3 Å². The van der Waals surface area contributed by atoms with Crippen LogP contribution in [0.4, 0.5) is 8.78 Å². The van der Waals surface area contributed by atoms with E-state index in [0.29, 0.717) is 25.3 Å². The van der Waals surface area contributed by atoms with Crippen molar-refractivity contribution >= 4 is 5.97 Å². The predicted octanol–water partition coefficient (Wildman–Crippen LogP) is 3.49. The van der Waals surface area contributed by atoms with Gasteiger partial charge >= 0.3 is 5.97 Å². The van der Waals surface area contributed by atoms with Crippen LogP contribution in [0, 0.1) is 5.92 Å². The average Bonchev–Trinajstić information content (AvgIpc) is 2.99. The van der Waals surface area contributed by atoms with Gasteiger partial charge in [0.25, 0.3) is 5.92 Å². The van der Waals surface area contributed by atoms with Gasteiger partial charge in [0.05, 0.1) is 11.6 Å². The van der Waals surface area contributed by atoms with E-state index in [4.69, 9.17) is 0 Å². The number of carboxylic acids is 1. The van der Waals surface area contributed by atoms with Gasteiger partial charge in [-0.25, -0.2) is 0 Å². The Kier molecular flexibility index (Phi) is 4.81. The average molecular weight is 346 g/mol. The van der Waals surface area contributed by atoms with Crippen molar-refractivity contribution in [3.63, 3.8) is 0 Å². The van der Waals surface area contributed by atoms with E-state index in [9.17, 15) is 18.7 Å². The van der Waals surface area contributed by atoms with Gasteiger partial charge < -0.3 is 5.11 Å². The van der Waals surface area contributed by atoms with Gasteiger partial charge in [0, 0.05) is 32.5 Å². The van der Waals surface area contributed by atoms with Crippen molar-refractivity contribution in [1.29, 1.82) is 0 Å². The number of hydrogen-bond acceptors (Lipinski definition) is 3. The molecular formula is C19H20F2N2O2. The van der Waals surface area contributed by atoms with Crippen LogP contribution in [0.15, 0.2) is 48.5 Å². The summed E-state index contributed by atoms with van der Waals surface area (Å²) in [6.07, 6.45) is 0. The van der Waals surface area contributed by atoms with Gasteiger partial charge in [-0.1, -0.05) is 36.4 Å². The number of pyridine rings is 1. The Bertz CT molecular complexity index is 747. The first-order chi connectivity index (χ1) is 11.8. The number of rotatable bonds is 5. The lowest BCUT2D eigenvalue weighted by molar-refractivity contribution is -0.141. The summed E-state index contributed by atoms with van der Waals surface area (Å²) in [7, 11) is 0. The quantitative estimate of drug-likeness (QED) is 0.900. The molecule has 0 unspecified atom stereocenters. The van der Waals surface area contributed by atoms with Crippen LogP contribution >= 0.6 is 0 Å². The van der Waals surface area contributed by atoms with Gasteiger partial charge in [-0.3, -0.25) is 14.7 Å². The lowest BCUT2D eigenvalue weighted by Crippen LogP contribution is -2.24. The SMILES string of the molecule is CC(F)(F)c1cccc(CN2C[C@H](C(=O)O)[C@@H](c3ccccc3)C2)n1. The van der Waals surface area contributed by atoms with E-state index in [1.165, 1.54) is 6.07 Å². The molecule has 0 saturated carbocycles. The molecule has 1 saturated heterocycles. The summed E-state index contributed by atoms with van der Waals surface area (Å²) in [6, 6.07) is 14.1. The van der Waals surface area contributed by atoms with Crippen LogP contribution in [0.3, 0.4) is 0 Å². The minimum atomic E-state index is -2.99. The topological polar surface area (TPSA) is 53.4 Å². The molecule has 0 bridgehead atoms. The third-order valence-corrected chi connectivity index (χ3v) is 4.58. The monoisotopic (exact) mass is 346 g/mol. The highest BCUT2D eigenvalue weighted by Crippen LogP contribution is 2.33. The fourth-order valence-electron chi connectivity index (χ4n) is 3.34. The number of nitrogens with zero attached hydrogens (tertiary/aromatic N) is 2. The molecular weight excluding hydrogens is 326 g/mol. The summed E-state index contributed by atoms with van der Waals surface area (Å²) in [4.78, 5) is 17.6. The number of alkyl halides is 2. The van der Waals surface area contributed by atoms with Crippen molar-refractivity contribution in [2.24, 2.45) is 5.92 Å². The Balaban J connectivity index is 1.77. The van der Waals surface area contributed by atoms with Crippen molar-refractivity contribution in [3.8, 4) is 0 Å². The fourth-order valence-corrected chi connectivity index (χ4v) is 3.34. The number of carbonyl (C=O) groups is 1. The Labute approximate surface area is 145 Å². The second kappa shape index (κ2) is 6.88. The number of hydrogen-bond donors (Lipinski definition) is 1. The number of carboxylic acid groups (broad SMARTS) is 1. The largest absolute Gasteiger partial charge is 0.481 e. The van der Waals surface area contributed by atoms with Gasteiger partial charge in [-0.05, 0) is 17.7 Å². The van der Waals surface area contributed by atoms with Crippen LogP contribution in [0.1, 0.15) is 29.8 Å². The smallest absolute Gasteiger partial charge is 0.308 e. The molecule has 1 N–H and O–H groups in total. The van der Waals surface area contributed by atoms with Crippen LogP contribution in [0.25, 0.3) is 0 Å². The normalized spacial score (nSPS) is 21.4. The highest BCUT2D eigenvalue weighted by Gasteiger charge is 2.38. The van der Waals surface area contributed by atoms with Crippen LogP contribution in [-0.4, -0.2) is 34.0 Å². The first-order valence-electron chi connectivity index (χ1n) is 8.19. The third-order valence-electron chi connectivity index (χ3n) is 4.58. The minimum absolute atomic E-state index is 0.116. The molecule has 2 atom stereocenters. The molecule has 0 spiro atoms. The van der Waals surface area contributed by atoms with Crippen molar-refractivity contribution < 1.29 is 18.7 Å². The summed E-state index contributed by atoms with van der Waals surface area (Å²) in [5.41, 5.74) is 1.25. The maximum Gasteiger partial charge on any atom is 0.308 e. The standard InChI is InChI=1S/C19H20F2N2O2/c1-19(20,21)17-9-5-8-14(22-17)10-23-11-15(16(12-23)18(24)25)13-6-3-2-4-7-13/h2-9,15-16H,10-12H2,1H3,(H,24,25)/t15-,16+/m1/s1. The third kappa shape index (κ3) is 4.02. The van der Waals surface area contributed by atoms with E-state index < -0.39 is 17.8 Å². The van der Waals surface area contributed by atoms with E-state index in [2.05, 4.69) is 4.98 Å². The highest BCUT2D eigenvalue weighted by molar-refractivity contribution is 5.72. The lowest BCUT2D eigenvalue weighted by atomic mass is 9.89. The maximum atomic E-state index is 13.4. The van der Waals surface area contributed by atoms with Gasteiger partial charge in [0.2, 0.25) is 0 Å². The van der Waals surface area contributed by atoms with Crippen LogP contribution < -0.4 is 0 Å². The van der Waals surface area contributed by atoms with Crippen molar-refractivity contribution in [1.82, 2.24) is 9.88 Å². The molecule has 0 aliphatic carbocycles. The molecule has 132 valence electrons. The molecule has 3 rings (SSSR count). The Hall–Kier alpha value is -2.34. The second-order valence-electron chi connectivity index (χ2n) is 6.56. The van der Waals surface area contributed by atoms with Gasteiger partial charge in [-0.2, -0.15) is 8.78 Å². The van der Waals surface area contributed by atoms with Gasteiger partial charge in [0.1, 0.15) is 5.69 Å². The lowest BCUT2D eigenvalue weighted by Gasteiger charge is -2.17. The second-order valence-corrected chi connectivity index (χ2v) is 6.56. The number of benzene rings is 1. The number of aliphatic carboxylic acids is 1. The number of aromatic nitrogens is 1. The zero-order valence-electron chi connectivity index (χ0n) is 13.9. The Morgan fingerprint density at radius 2 is 1.92 bits per heavy atom. The molecule has 6 heteroatoms. The Morgan fingerprint density at radius 1 is 1.20 bits per heavy atom. The molecule has 25 heavy (non-hydrogen) atoms. The van der Waals surface area contributed by atoms with E-state index in [-0.39, 0.29) is 11.6 Å². The van der Waals surface area contributed by atoms with E-state index in [0.717, 1.165) is 12.5 Å². The predicted molar refractivity (Wildman–Crippen MR) is 89.4 cm³/mol. The molecule has 1 fully saturated rings. The van der Waals surface area contributed by atoms with Gasteiger partial charge in [0.15, 0.2) is 0 Å². The molecule has 2 heterocycles. The first-order valence-corrected chi connectivity index (χ1v) is 8.19. The number of likely N-dealkylation sites (tertiary alicyclic amines) is 1. The summed E-state index contributed by atoms with van der Waals surface area (Å²) in [5.74, 6) is -4.46. The summed E-state index contributed by atoms with van der Waals surface area (Å²) in [5, 5.41) is 9.54. The van der Waals surface area contributed by atoms with E-state index in [1.807, 2.05) is 35.2 Å². The molecule has 1 aromatic carbocycles. The van der Waals surface area contributed by atoms with Gasteiger partial charge in [-0.15, -0.1) is 0 Å². The first kappa shape index (κ1) is 17.5. The summed E-state index contributed by atoms with van der Waals surface area (Å²) >= 11 is 0. The summed E-state index contributed by atoms with van der Waals surface area (Å²) in [6.45, 7) is 2.12. The maximum absolute atomic E-state index is 13.4. The van der Waals surface area contributed by atoms with Crippen molar-refractivity contribution in [2.75, 3.05) is 13.1 Å².